The van der Waals surface area contributed by atoms with Crippen LogP contribution >= 0.6 is 0 Å². The van der Waals surface area contributed by atoms with E-state index < -0.39 is 24.3 Å². The van der Waals surface area contributed by atoms with Crippen LogP contribution in [0.4, 0.5) is 0 Å². The van der Waals surface area contributed by atoms with E-state index in [1.165, 1.54) is 0 Å². The van der Waals surface area contributed by atoms with Crippen LogP contribution in [0.1, 0.15) is 94.1 Å². The third-order valence-electron chi connectivity index (χ3n) is 9.12. The highest BCUT2D eigenvalue weighted by atomic mass is 16.4. The molecule has 2 atom stereocenters. The van der Waals surface area contributed by atoms with E-state index in [4.69, 9.17) is 0 Å². The molecule has 0 amide bonds. The predicted molar refractivity (Wildman–Crippen MR) is 169 cm³/mol. The summed E-state index contributed by atoms with van der Waals surface area (Å²) in [5.74, 6) is -3.87. The number of rotatable bonds is 8. The van der Waals surface area contributed by atoms with Gasteiger partial charge in [0.1, 0.15) is 0 Å². The summed E-state index contributed by atoms with van der Waals surface area (Å²) in [6.45, 7) is 13.8. The number of hydrogen-bond acceptors (Lipinski definition) is 4. The van der Waals surface area contributed by atoms with E-state index >= 15 is 0 Å². The van der Waals surface area contributed by atoms with Crippen molar-refractivity contribution in [3.63, 3.8) is 0 Å². The van der Waals surface area contributed by atoms with E-state index in [1.807, 2.05) is 39.0 Å². The van der Waals surface area contributed by atoms with Crippen molar-refractivity contribution in [2.24, 2.45) is 11.8 Å². The van der Waals surface area contributed by atoms with E-state index in [9.17, 15) is 29.7 Å². The van der Waals surface area contributed by atoms with Gasteiger partial charge < -0.3 is 35.6 Å². The highest BCUT2D eigenvalue weighted by Gasteiger charge is 2.37. The van der Waals surface area contributed by atoms with E-state index in [0.29, 0.717) is 22.5 Å². The molecular weight excluding hydrogens is 560 g/mol. The summed E-state index contributed by atoms with van der Waals surface area (Å²) < 4.78 is 0. The van der Waals surface area contributed by atoms with Crippen molar-refractivity contribution in [2.75, 3.05) is 0 Å². The molecule has 1 fully saturated rings. The average Bonchev–Trinajstić information content (AvgIpc) is 3.63. The van der Waals surface area contributed by atoms with Crippen LogP contribution in [-0.2, 0) is 16.0 Å². The predicted octanol–water partition coefficient (Wildman–Crippen LogP) is 4.42. The molecule has 2 aliphatic rings. The molecule has 230 valence electrons. The summed E-state index contributed by atoms with van der Waals surface area (Å²) in [6, 6.07) is 0. The zero-order valence-electron chi connectivity index (χ0n) is 25.6. The average molecular weight is 599 g/mol. The Labute approximate surface area is 254 Å². The number of aromatic nitrogens is 3. The zero-order valence-corrected chi connectivity index (χ0v) is 25.6. The first kappa shape index (κ1) is 30.5. The number of carbonyl (C=O) groups is 3. The maximum Gasteiger partial charge on any atom is 0.338 e. The molecule has 2 aliphatic heterocycles. The molecule has 7 N–H and O–H groups in total. The fourth-order valence-corrected chi connectivity index (χ4v) is 6.71. The molecular formula is C34H38N4O6. The standard InChI is InChI=1S/C34H38N4O6/c1-7-19-15(3)23-12-25-17(5)21(9-10-29(39)40)32(37-25)22(11-30(41)42)33-31(34(43)44)18(6)26(38-33)14-28-20(8-2)16(4)24(36-28)13-27(19)35-23/h7,12-14,17,21,35-38H,1,8-11H2,2-6H3,(H,39,40)(H,41,42)(H,43,44)/b24-13-,25-12-,28-14-,32-22?/t17-,21-/m0/s1. The van der Waals surface area contributed by atoms with Gasteiger partial charge in [0, 0.05) is 68.6 Å². The lowest BCUT2D eigenvalue weighted by molar-refractivity contribution is -0.137. The molecule has 10 nitrogen and oxygen atoms in total. The van der Waals surface area contributed by atoms with Gasteiger partial charge in [-0.3, -0.25) is 9.59 Å². The van der Waals surface area contributed by atoms with E-state index in [0.717, 1.165) is 56.5 Å². The molecule has 5 rings (SSSR count). The molecule has 1 saturated heterocycles. The Kier molecular flexibility index (Phi) is 8.03. The van der Waals surface area contributed by atoms with Gasteiger partial charge in [-0.15, -0.1) is 0 Å². The number of H-pyrrole nitrogens is 3. The number of fused-ring (bicyclic) bond motifs is 8. The first-order chi connectivity index (χ1) is 20.9. The van der Waals surface area contributed by atoms with Crippen molar-refractivity contribution in [3.05, 3.63) is 84.8 Å². The molecule has 0 unspecified atom stereocenters. The minimum absolute atomic E-state index is 0.0126. The molecule has 10 heteroatoms. The molecule has 3 aromatic heterocycles. The van der Waals surface area contributed by atoms with Gasteiger partial charge in [-0.2, -0.15) is 0 Å². The summed E-state index contributed by atoms with van der Waals surface area (Å²) in [7, 11) is 0. The Balaban J connectivity index is 1.94. The second-order valence-electron chi connectivity index (χ2n) is 11.6. The molecule has 0 radical (unpaired) electrons. The fourth-order valence-electron chi connectivity index (χ4n) is 6.71. The number of aromatic carboxylic acids is 1. The van der Waals surface area contributed by atoms with Crippen LogP contribution in [-0.4, -0.2) is 48.2 Å². The Hall–Kier alpha value is -4.99. The molecule has 3 aromatic rings. The second-order valence-corrected chi connectivity index (χ2v) is 11.6. The van der Waals surface area contributed by atoms with Gasteiger partial charge in [-0.25, -0.2) is 4.79 Å². The Bertz CT molecular complexity index is 1910. The maximum atomic E-state index is 12.7. The zero-order chi connectivity index (χ0) is 32.0. The summed E-state index contributed by atoms with van der Waals surface area (Å²) in [6.07, 6.45) is 8.10. The van der Waals surface area contributed by atoms with E-state index in [2.05, 4.69) is 39.8 Å². The van der Waals surface area contributed by atoms with Crippen LogP contribution < -0.4 is 16.0 Å². The van der Waals surface area contributed by atoms with Crippen molar-refractivity contribution in [3.8, 4) is 0 Å². The van der Waals surface area contributed by atoms with E-state index in [-0.39, 0.29) is 35.9 Å². The van der Waals surface area contributed by atoms with Crippen molar-refractivity contribution >= 4 is 47.8 Å². The van der Waals surface area contributed by atoms with Crippen LogP contribution in [0, 0.1) is 32.6 Å². The molecule has 0 spiro atoms. The number of allylic oxidation sites excluding steroid dienone is 2. The molecule has 8 bridgehead atoms. The SMILES string of the molecule is C=Cc1c2[nH]c(c1C)/C=C1\NC(=C(CC(=O)O)c3[nH]c(c(C)c3C(=O)O)/C=c3\[nH]/c(c(C)c3CC)=C\2)[C@@H](CCC(=O)O)[C@@H]1C. The summed E-state index contributed by atoms with van der Waals surface area (Å²) in [5, 5.41) is 35.1. The van der Waals surface area contributed by atoms with Crippen LogP contribution in [0.25, 0.3) is 29.9 Å². The van der Waals surface area contributed by atoms with Gasteiger partial charge in [0.15, 0.2) is 0 Å². The van der Waals surface area contributed by atoms with Crippen molar-refractivity contribution < 1.29 is 29.7 Å². The third kappa shape index (κ3) is 5.21. The monoisotopic (exact) mass is 598 g/mol. The topological polar surface area (TPSA) is 171 Å². The fraction of sp³-hybridized carbons (Fsp3) is 0.324. The van der Waals surface area contributed by atoms with Crippen LogP contribution in [0.2, 0.25) is 0 Å². The van der Waals surface area contributed by atoms with Crippen molar-refractivity contribution in [1.82, 2.24) is 20.3 Å². The van der Waals surface area contributed by atoms with Crippen LogP contribution in [0.15, 0.2) is 18.0 Å². The normalized spacial score (nSPS) is 20.2. The highest BCUT2D eigenvalue weighted by Crippen LogP contribution is 2.42. The maximum absolute atomic E-state index is 12.7. The summed E-state index contributed by atoms with van der Waals surface area (Å²) >= 11 is 0. The minimum atomic E-state index is -1.18. The minimum Gasteiger partial charge on any atom is -0.481 e. The number of nitrogens with one attached hydrogen (secondary N) is 4. The molecule has 0 aliphatic carbocycles. The lowest BCUT2D eigenvalue weighted by atomic mass is 9.85. The summed E-state index contributed by atoms with van der Waals surface area (Å²) in [5.41, 5.74) is 8.56. The lowest BCUT2D eigenvalue weighted by Crippen LogP contribution is -2.16. The molecule has 0 aromatic carbocycles. The third-order valence-corrected chi connectivity index (χ3v) is 9.12. The Morgan fingerprint density at radius 3 is 2.18 bits per heavy atom. The van der Waals surface area contributed by atoms with Gasteiger partial charge in [-0.05, 0) is 74.1 Å². The van der Waals surface area contributed by atoms with Crippen molar-refractivity contribution in [1.29, 1.82) is 0 Å². The van der Waals surface area contributed by atoms with Gasteiger partial charge in [0.05, 0.1) is 17.7 Å². The van der Waals surface area contributed by atoms with Crippen molar-refractivity contribution in [2.45, 2.75) is 60.3 Å². The van der Waals surface area contributed by atoms with Gasteiger partial charge in [0.2, 0.25) is 0 Å². The van der Waals surface area contributed by atoms with Gasteiger partial charge in [0.25, 0.3) is 0 Å². The number of carboxylic acids is 3. The first-order valence-electron chi connectivity index (χ1n) is 14.7. The quantitative estimate of drug-likeness (QED) is 0.201. The van der Waals surface area contributed by atoms with Gasteiger partial charge >= 0.3 is 17.9 Å². The second kappa shape index (κ2) is 11.6. The summed E-state index contributed by atoms with van der Waals surface area (Å²) in [4.78, 5) is 47.0. The largest absolute Gasteiger partial charge is 0.481 e. The Morgan fingerprint density at radius 1 is 0.886 bits per heavy atom. The van der Waals surface area contributed by atoms with Crippen LogP contribution in [0.3, 0.4) is 0 Å². The first-order valence-corrected chi connectivity index (χ1v) is 14.7. The lowest BCUT2D eigenvalue weighted by Gasteiger charge is -2.18. The molecule has 5 heterocycles. The molecule has 0 saturated carbocycles. The van der Waals surface area contributed by atoms with Crippen LogP contribution in [0.5, 0.6) is 0 Å². The number of aromatic amines is 3. The number of carboxylic acid groups (broad SMARTS) is 3. The van der Waals surface area contributed by atoms with E-state index in [1.54, 1.807) is 6.92 Å². The Morgan fingerprint density at radius 2 is 1.57 bits per heavy atom. The van der Waals surface area contributed by atoms with Gasteiger partial charge in [-0.1, -0.05) is 26.5 Å². The highest BCUT2D eigenvalue weighted by molar-refractivity contribution is 5.99. The number of aliphatic carboxylic acids is 2. The number of hydrogen-bond donors (Lipinski definition) is 7. The molecule has 44 heavy (non-hydrogen) atoms. The smallest absolute Gasteiger partial charge is 0.338 e.